The summed E-state index contributed by atoms with van der Waals surface area (Å²) in [4.78, 5) is 0. The monoisotopic (exact) mass is 169 g/mol. The topological polar surface area (TPSA) is 20.2 Å². The molecular formula is C9H10ClO. The second-order valence-electron chi connectivity index (χ2n) is 2.49. The van der Waals surface area contributed by atoms with Crippen LogP contribution in [-0.2, 0) is 0 Å². The molecule has 1 aromatic carbocycles. The summed E-state index contributed by atoms with van der Waals surface area (Å²) in [6.07, 6.45) is 0. The van der Waals surface area contributed by atoms with Gasteiger partial charge in [0.25, 0.3) is 0 Å². The number of halogens is 1. The molecule has 0 heterocycles. The van der Waals surface area contributed by atoms with Gasteiger partial charge < -0.3 is 5.11 Å². The van der Waals surface area contributed by atoms with Crippen LogP contribution < -0.4 is 0 Å². The summed E-state index contributed by atoms with van der Waals surface area (Å²) >= 11 is 5.75. The van der Waals surface area contributed by atoms with Gasteiger partial charge >= 0.3 is 0 Å². The molecule has 0 bridgehead atoms. The van der Waals surface area contributed by atoms with Crippen molar-refractivity contribution < 1.29 is 5.11 Å². The van der Waals surface area contributed by atoms with E-state index in [4.69, 9.17) is 16.7 Å². The van der Waals surface area contributed by atoms with Gasteiger partial charge in [0.2, 0.25) is 0 Å². The second kappa shape index (κ2) is 3.74. The lowest BCUT2D eigenvalue weighted by molar-refractivity contribution is 0.361. The SMILES string of the molecule is CC([CH]O)c1cccc(Cl)c1. The smallest absolute Gasteiger partial charge is 0.0870 e. The van der Waals surface area contributed by atoms with Gasteiger partial charge in [-0.2, -0.15) is 0 Å². The van der Waals surface area contributed by atoms with Crippen LogP contribution in [0, 0.1) is 6.61 Å². The van der Waals surface area contributed by atoms with Crippen LogP contribution in [0.5, 0.6) is 0 Å². The molecule has 0 amide bonds. The van der Waals surface area contributed by atoms with Gasteiger partial charge in [-0.05, 0) is 17.7 Å². The largest absolute Gasteiger partial charge is 0.390 e. The lowest BCUT2D eigenvalue weighted by atomic mass is 10.0. The number of aliphatic hydroxyl groups is 1. The molecule has 59 valence electrons. The van der Waals surface area contributed by atoms with E-state index in [0.717, 1.165) is 12.2 Å². The molecule has 0 fully saturated rings. The summed E-state index contributed by atoms with van der Waals surface area (Å²) in [6, 6.07) is 7.47. The third-order valence-corrected chi connectivity index (χ3v) is 1.83. The summed E-state index contributed by atoms with van der Waals surface area (Å²) in [5.41, 5.74) is 1.03. The van der Waals surface area contributed by atoms with Crippen molar-refractivity contribution in [2.75, 3.05) is 0 Å². The van der Waals surface area contributed by atoms with Crippen molar-refractivity contribution in [3.05, 3.63) is 41.5 Å². The van der Waals surface area contributed by atoms with E-state index in [1.54, 1.807) is 0 Å². The fourth-order valence-corrected chi connectivity index (χ4v) is 1.07. The molecule has 0 saturated heterocycles. The third-order valence-electron chi connectivity index (χ3n) is 1.60. The molecule has 1 aromatic rings. The maximum atomic E-state index is 8.71. The molecule has 11 heavy (non-hydrogen) atoms. The first kappa shape index (κ1) is 8.57. The molecule has 0 spiro atoms. The molecule has 1 nitrogen and oxygen atoms in total. The van der Waals surface area contributed by atoms with Crippen LogP contribution in [0.2, 0.25) is 5.02 Å². The van der Waals surface area contributed by atoms with Gasteiger partial charge in [-0.1, -0.05) is 30.7 Å². The maximum Gasteiger partial charge on any atom is 0.0870 e. The zero-order valence-corrected chi connectivity index (χ0v) is 7.05. The first-order valence-corrected chi connectivity index (χ1v) is 3.85. The highest BCUT2D eigenvalue weighted by Crippen LogP contribution is 2.19. The summed E-state index contributed by atoms with van der Waals surface area (Å²) in [6.45, 7) is 3.07. The van der Waals surface area contributed by atoms with Gasteiger partial charge in [0.1, 0.15) is 0 Å². The zero-order valence-electron chi connectivity index (χ0n) is 6.29. The van der Waals surface area contributed by atoms with Crippen LogP contribution >= 0.6 is 11.6 Å². The van der Waals surface area contributed by atoms with E-state index in [1.165, 1.54) is 0 Å². The zero-order chi connectivity index (χ0) is 8.27. The summed E-state index contributed by atoms with van der Waals surface area (Å²) in [5.74, 6) is 0.0497. The van der Waals surface area contributed by atoms with Crippen LogP contribution in [-0.4, -0.2) is 5.11 Å². The second-order valence-corrected chi connectivity index (χ2v) is 2.93. The molecule has 1 radical (unpaired) electrons. The predicted octanol–water partition coefficient (Wildman–Crippen LogP) is 2.98. The highest BCUT2D eigenvalue weighted by molar-refractivity contribution is 6.30. The van der Waals surface area contributed by atoms with E-state index in [1.807, 2.05) is 31.2 Å². The first-order valence-electron chi connectivity index (χ1n) is 3.47. The van der Waals surface area contributed by atoms with Crippen LogP contribution in [0.25, 0.3) is 0 Å². The Kier molecular flexibility index (Phi) is 2.92. The van der Waals surface area contributed by atoms with Crippen molar-refractivity contribution in [1.29, 1.82) is 0 Å². The van der Waals surface area contributed by atoms with E-state index in [2.05, 4.69) is 0 Å². The minimum absolute atomic E-state index is 0.0497. The number of rotatable bonds is 2. The Morgan fingerprint density at radius 1 is 1.55 bits per heavy atom. The van der Waals surface area contributed by atoms with Gasteiger partial charge in [0.15, 0.2) is 0 Å². The van der Waals surface area contributed by atoms with E-state index >= 15 is 0 Å². The Bertz CT molecular complexity index is 235. The maximum absolute atomic E-state index is 8.71. The van der Waals surface area contributed by atoms with Crippen LogP contribution in [0.3, 0.4) is 0 Å². The molecule has 1 unspecified atom stereocenters. The molecule has 0 aliphatic heterocycles. The molecule has 0 aliphatic rings. The number of hydrogen-bond acceptors (Lipinski definition) is 1. The number of aliphatic hydroxyl groups excluding tert-OH is 1. The predicted molar refractivity (Wildman–Crippen MR) is 46.1 cm³/mol. The van der Waals surface area contributed by atoms with E-state index in [-0.39, 0.29) is 5.92 Å². The van der Waals surface area contributed by atoms with E-state index in [9.17, 15) is 0 Å². The third kappa shape index (κ3) is 2.21. The van der Waals surface area contributed by atoms with Gasteiger partial charge in [-0.3, -0.25) is 0 Å². The molecule has 1 atom stereocenters. The van der Waals surface area contributed by atoms with Crippen LogP contribution in [0.1, 0.15) is 18.4 Å². The van der Waals surface area contributed by atoms with Crippen molar-refractivity contribution in [2.24, 2.45) is 0 Å². The Morgan fingerprint density at radius 2 is 2.27 bits per heavy atom. The molecule has 0 saturated carbocycles. The quantitative estimate of drug-likeness (QED) is 0.722. The van der Waals surface area contributed by atoms with Crippen molar-refractivity contribution in [1.82, 2.24) is 0 Å². The molecule has 0 aliphatic carbocycles. The lowest BCUT2D eigenvalue weighted by Gasteiger charge is -2.06. The lowest BCUT2D eigenvalue weighted by Crippen LogP contribution is -1.92. The van der Waals surface area contributed by atoms with Gasteiger partial charge in [0, 0.05) is 10.9 Å². The summed E-state index contributed by atoms with van der Waals surface area (Å²) < 4.78 is 0. The normalized spacial score (nSPS) is 13.0. The number of hydrogen-bond donors (Lipinski definition) is 1. The van der Waals surface area contributed by atoms with Crippen molar-refractivity contribution in [2.45, 2.75) is 12.8 Å². The Hall–Kier alpha value is -0.530. The van der Waals surface area contributed by atoms with Gasteiger partial charge in [0.05, 0.1) is 6.61 Å². The average Bonchev–Trinajstić information content (AvgIpc) is 2.03. The minimum Gasteiger partial charge on any atom is -0.390 e. The summed E-state index contributed by atoms with van der Waals surface area (Å²) in [7, 11) is 0. The molecule has 0 aromatic heterocycles. The molecule has 2 heteroatoms. The highest BCUT2D eigenvalue weighted by atomic mass is 35.5. The Labute approximate surface area is 71.6 Å². The average molecular weight is 170 g/mol. The standard InChI is InChI=1S/C9H10ClO/c1-7(6-11)8-3-2-4-9(10)5-8/h2-7,11H,1H3. The Balaban J connectivity index is 2.86. The van der Waals surface area contributed by atoms with E-state index < -0.39 is 0 Å². The fraction of sp³-hybridized carbons (Fsp3) is 0.222. The molecule has 1 N–H and O–H groups in total. The van der Waals surface area contributed by atoms with Crippen LogP contribution in [0.4, 0.5) is 0 Å². The first-order chi connectivity index (χ1) is 5.24. The van der Waals surface area contributed by atoms with Gasteiger partial charge in [-0.15, -0.1) is 0 Å². The van der Waals surface area contributed by atoms with Crippen LogP contribution in [0.15, 0.2) is 24.3 Å². The van der Waals surface area contributed by atoms with Crippen molar-refractivity contribution in [3.63, 3.8) is 0 Å². The minimum atomic E-state index is 0.0497. The highest BCUT2D eigenvalue weighted by Gasteiger charge is 2.03. The van der Waals surface area contributed by atoms with Crippen molar-refractivity contribution in [3.8, 4) is 0 Å². The summed E-state index contributed by atoms with van der Waals surface area (Å²) in [5, 5.41) is 9.42. The fourth-order valence-electron chi connectivity index (χ4n) is 0.876. The Morgan fingerprint density at radius 3 is 2.82 bits per heavy atom. The molecule has 1 rings (SSSR count). The van der Waals surface area contributed by atoms with Crippen molar-refractivity contribution >= 4 is 11.6 Å². The molecular weight excluding hydrogens is 160 g/mol. The van der Waals surface area contributed by atoms with Gasteiger partial charge in [-0.25, -0.2) is 0 Å². The van der Waals surface area contributed by atoms with E-state index in [0.29, 0.717) is 5.02 Å². The number of benzene rings is 1.